The molecule has 0 aromatic carbocycles. The third kappa shape index (κ3) is 2.18. The van der Waals surface area contributed by atoms with Gasteiger partial charge in [-0.05, 0) is 18.8 Å². The highest BCUT2D eigenvalue weighted by molar-refractivity contribution is 6.05. The zero-order valence-corrected chi connectivity index (χ0v) is 11.5. The lowest BCUT2D eigenvalue weighted by Gasteiger charge is -2.28. The van der Waals surface area contributed by atoms with Crippen LogP contribution in [-0.4, -0.2) is 35.0 Å². The predicted molar refractivity (Wildman–Crippen MR) is 67.6 cm³/mol. The van der Waals surface area contributed by atoms with Crippen LogP contribution in [0.2, 0.25) is 0 Å². The fourth-order valence-corrected chi connectivity index (χ4v) is 3.16. The van der Waals surface area contributed by atoms with Crippen LogP contribution in [0.15, 0.2) is 0 Å². The molecule has 2 fully saturated rings. The fraction of sp³-hybridized carbons (Fsp3) is 0.857. The summed E-state index contributed by atoms with van der Waals surface area (Å²) in [7, 11) is 0. The van der Waals surface area contributed by atoms with Crippen LogP contribution >= 0.6 is 0 Å². The van der Waals surface area contributed by atoms with Crippen LogP contribution in [0.4, 0.5) is 0 Å². The van der Waals surface area contributed by atoms with Crippen molar-refractivity contribution in [2.75, 3.05) is 13.2 Å². The Morgan fingerprint density at radius 2 is 1.72 bits per heavy atom. The van der Waals surface area contributed by atoms with Crippen molar-refractivity contribution >= 4 is 11.8 Å². The van der Waals surface area contributed by atoms with Crippen molar-refractivity contribution in [3.63, 3.8) is 0 Å². The SMILES string of the molecule is CCC1CC2C(=O)N(CC(C)(C)CO)C(=O)C2C1. The highest BCUT2D eigenvalue weighted by Crippen LogP contribution is 2.44. The first-order chi connectivity index (χ1) is 8.39. The molecule has 1 N–H and O–H groups in total. The van der Waals surface area contributed by atoms with Gasteiger partial charge in [-0.1, -0.05) is 27.2 Å². The molecule has 1 aliphatic heterocycles. The Hall–Kier alpha value is -0.900. The molecule has 4 heteroatoms. The number of imide groups is 1. The standard InChI is InChI=1S/C14H23NO3/c1-4-9-5-10-11(6-9)13(18)15(12(10)17)7-14(2,3)8-16/h9-11,16H,4-8H2,1-3H3. The van der Waals surface area contributed by atoms with Gasteiger partial charge in [0.15, 0.2) is 0 Å². The van der Waals surface area contributed by atoms with Crippen LogP contribution in [0.5, 0.6) is 0 Å². The number of aliphatic hydroxyl groups excluding tert-OH is 1. The van der Waals surface area contributed by atoms with Crippen LogP contribution in [-0.2, 0) is 9.59 Å². The highest BCUT2D eigenvalue weighted by Gasteiger charge is 2.52. The largest absolute Gasteiger partial charge is 0.396 e. The summed E-state index contributed by atoms with van der Waals surface area (Å²) in [5, 5.41) is 9.26. The Morgan fingerprint density at radius 1 is 1.22 bits per heavy atom. The van der Waals surface area contributed by atoms with E-state index in [1.54, 1.807) is 0 Å². The van der Waals surface area contributed by atoms with Crippen molar-refractivity contribution in [3.8, 4) is 0 Å². The van der Waals surface area contributed by atoms with Crippen LogP contribution in [0, 0.1) is 23.2 Å². The third-order valence-corrected chi connectivity index (χ3v) is 4.42. The lowest BCUT2D eigenvalue weighted by molar-refractivity contribution is -0.142. The van der Waals surface area contributed by atoms with Gasteiger partial charge in [-0.2, -0.15) is 0 Å². The molecule has 2 atom stereocenters. The second-order valence-corrected chi connectivity index (χ2v) is 6.54. The minimum Gasteiger partial charge on any atom is -0.396 e. The summed E-state index contributed by atoms with van der Waals surface area (Å²) in [5.41, 5.74) is -0.409. The molecule has 1 heterocycles. The number of carbonyl (C=O) groups is 2. The highest BCUT2D eigenvalue weighted by atomic mass is 16.3. The van der Waals surface area contributed by atoms with E-state index in [2.05, 4.69) is 6.92 Å². The summed E-state index contributed by atoms with van der Waals surface area (Å²) in [6, 6.07) is 0. The van der Waals surface area contributed by atoms with Gasteiger partial charge < -0.3 is 5.11 Å². The number of rotatable bonds is 4. The second-order valence-electron chi connectivity index (χ2n) is 6.54. The van der Waals surface area contributed by atoms with Crippen molar-refractivity contribution in [2.24, 2.45) is 23.2 Å². The molecule has 1 saturated carbocycles. The fourth-order valence-electron chi connectivity index (χ4n) is 3.16. The van der Waals surface area contributed by atoms with E-state index in [4.69, 9.17) is 0 Å². The molecule has 102 valence electrons. The topological polar surface area (TPSA) is 57.6 Å². The Morgan fingerprint density at radius 3 is 2.11 bits per heavy atom. The zero-order valence-electron chi connectivity index (χ0n) is 11.5. The van der Waals surface area contributed by atoms with E-state index in [-0.39, 0.29) is 30.3 Å². The molecule has 0 bridgehead atoms. The molecule has 0 radical (unpaired) electrons. The first kappa shape index (κ1) is 13.5. The van der Waals surface area contributed by atoms with Gasteiger partial charge >= 0.3 is 0 Å². The average Bonchev–Trinajstić information content (AvgIpc) is 2.85. The molecule has 2 unspecified atom stereocenters. The van der Waals surface area contributed by atoms with Crippen molar-refractivity contribution in [3.05, 3.63) is 0 Å². The van der Waals surface area contributed by atoms with Crippen LogP contribution in [0.3, 0.4) is 0 Å². The van der Waals surface area contributed by atoms with Gasteiger partial charge in [0.1, 0.15) is 0 Å². The number of nitrogens with zero attached hydrogens (tertiary/aromatic N) is 1. The van der Waals surface area contributed by atoms with E-state index < -0.39 is 5.41 Å². The summed E-state index contributed by atoms with van der Waals surface area (Å²) in [4.78, 5) is 25.9. The minimum atomic E-state index is -0.409. The maximum Gasteiger partial charge on any atom is 0.233 e. The van der Waals surface area contributed by atoms with E-state index in [1.807, 2.05) is 13.8 Å². The number of aliphatic hydroxyl groups is 1. The summed E-state index contributed by atoms with van der Waals surface area (Å²) in [6.07, 6.45) is 2.78. The zero-order chi connectivity index (χ0) is 13.5. The van der Waals surface area contributed by atoms with Crippen LogP contribution < -0.4 is 0 Å². The number of hydrogen-bond donors (Lipinski definition) is 1. The molecule has 1 saturated heterocycles. The number of carbonyl (C=O) groups excluding carboxylic acids is 2. The number of likely N-dealkylation sites (tertiary alicyclic amines) is 1. The molecule has 0 aromatic rings. The van der Waals surface area contributed by atoms with Gasteiger partial charge in [0, 0.05) is 18.6 Å². The molecular weight excluding hydrogens is 230 g/mol. The summed E-state index contributed by atoms with van der Waals surface area (Å²) < 4.78 is 0. The van der Waals surface area contributed by atoms with Crippen molar-refractivity contribution < 1.29 is 14.7 Å². The molecule has 4 nitrogen and oxygen atoms in total. The maximum absolute atomic E-state index is 12.3. The van der Waals surface area contributed by atoms with Crippen molar-refractivity contribution in [1.29, 1.82) is 0 Å². The van der Waals surface area contributed by atoms with E-state index in [0.29, 0.717) is 12.5 Å². The average molecular weight is 253 g/mol. The van der Waals surface area contributed by atoms with Crippen molar-refractivity contribution in [2.45, 2.75) is 40.0 Å². The van der Waals surface area contributed by atoms with Gasteiger partial charge in [-0.15, -0.1) is 0 Å². The molecule has 2 aliphatic rings. The Balaban J connectivity index is 2.10. The third-order valence-electron chi connectivity index (χ3n) is 4.42. The molecular formula is C14H23NO3. The van der Waals surface area contributed by atoms with Crippen LogP contribution in [0.1, 0.15) is 40.0 Å². The van der Waals surface area contributed by atoms with E-state index in [1.165, 1.54) is 4.90 Å². The predicted octanol–water partition coefficient (Wildman–Crippen LogP) is 1.43. The van der Waals surface area contributed by atoms with Gasteiger partial charge in [-0.3, -0.25) is 14.5 Å². The Bertz CT molecular complexity index is 340. The molecule has 2 rings (SSSR count). The van der Waals surface area contributed by atoms with Gasteiger partial charge in [0.25, 0.3) is 0 Å². The number of fused-ring (bicyclic) bond motifs is 1. The van der Waals surface area contributed by atoms with Gasteiger partial charge in [0.2, 0.25) is 11.8 Å². The normalized spacial score (nSPS) is 32.2. The first-order valence-electron chi connectivity index (χ1n) is 6.85. The van der Waals surface area contributed by atoms with E-state index in [0.717, 1.165) is 19.3 Å². The van der Waals surface area contributed by atoms with E-state index >= 15 is 0 Å². The van der Waals surface area contributed by atoms with E-state index in [9.17, 15) is 14.7 Å². The number of hydrogen-bond acceptors (Lipinski definition) is 3. The Kier molecular flexibility index (Phi) is 3.49. The van der Waals surface area contributed by atoms with Crippen molar-refractivity contribution in [1.82, 2.24) is 4.90 Å². The molecule has 0 aromatic heterocycles. The molecule has 2 amide bonds. The summed E-state index contributed by atoms with van der Waals surface area (Å²) in [5.74, 6) is 0.333. The summed E-state index contributed by atoms with van der Waals surface area (Å²) in [6.45, 7) is 6.18. The monoisotopic (exact) mass is 253 g/mol. The first-order valence-corrected chi connectivity index (χ1v) is 6.85. The second kappa shape index (κ2) is 4.65. The smallest absolute Gasteiger partial charge is 0.233 e. The number of amides is 2. The molecule has 1 aliphatic carbocycles. The van der Waals surface area contributed by atoms with Crippen LogP contribution in [0.25, 0.3) is 0 Å². The van der Waals surface area contributed by atoms with Gasteiger partial charge in [0.05, 0.1) is 11.8 Å². The Labute approximate surface area is 108 Å². The lowest BCUT2D eigenvalue weighted by atomic mass is 9.94. The van der Waals surface area contributed by atoms with Gasteiger partial charge in [-0.25, -0.2) is 0 Å². The lowest BCUT2D eigenvalue weighted by Crippen LogP contribution is -2.41. The molecule has 18 heavy (non-hydrogen) atoms. The molecule has 0 spiro atoms. The quantitative estimate of drug-likeness (QED) is 0.771. The maximum atomic E-state index is 12.3. The minimum absolute atomic E-state index is 0.0116. The summed E-state index contributed by atoms with van der Waals surface area (Å²) >= 11 is 0.